The van der Waals surface area contributed by atoms with Gasteiger partial charge in [-0.2, -0.15) is 0 Å². The fourth-order valence-electron chi connectivity index (χ4n) is 4.81. The summed E-state index contributed by atoms with van der Waals surface area (Å²) in [5.74, 6) is -0.768. The summed E-state index contributed by atoms with van der Waals surface area (Å²) in [6.07, 6.45) is -0.330. The number of Topliss-reactive ketones (excluding diaryl/α,β-unsaturated/α-hetero) is 1. The minimum Gasteiger partial charge on any atom is -0.375 e. The summed E-state index contributed by atoms with van der Waals surface area (Å²) in [7, 11) is 0. The number of ketones is 1. The Morgan fingerprint density at radius 2 is 1.58 bits per heavy atom. The van der Waals surface area contributed by atoms with Crippen molar-refractivity contribution in [2.45, 2.75) is 32.4 Å². The second kappa shape index (κ2) is 9.49. The number of benzene rings is 4. The van der Waals surface area contributed by atoms with E-state index < -0.39 is 11.5 Å². The zero-order valence-corrected chi connectivity index (χ0v) is 21.7. The second-order valence-corrected chi connectivity index (χ2v) is 10.3. The summed E-state index contributed by atoms with van der Waals surface area (Å²) in [4.78, 5) is 28.6. The van der Waals surface area contributed by atoms with Crippen LogP contribution in [0.5, 0.6) is 0 Å². The lowest BCUT2D eigenvalue weighted by Crippen LogP contribution is -2.41. The Morgan fingerprint density at radius 1 is 0.889 bits per heavy atom. The van der Waals surface area contributed by atoms with Gasteiger partial charge in [0.2, 0.25) is 0 Å². The number of fused-ring (bicyclic) bond motifs is 1. The molecule has 1 unspecified atom stereocenters. The van der Waals surface area contributed by atoms with Crippen LogP contribution < -0.4 is 4.90 Å². The predicted molar refractivity (Wildman–Crippen MR) is 146 cm³/mol. The highest BCUT2D eigenvalue weighted by molar-refractivity contribution is 9.10. The molecule has 1 heterocycles. The third-order valence-electron chi connectivity index (χ3n) is 6.86. The van der Waals surface area contributed by atoms with Gasteiger partial charge in [-0.1, -0.05) is 94.3 Å². The SMILES string of the molecule is Cc1ccc(C)c(CN2C(=O)C(O)(CC(=O)c3ccc(-c4ccccc4)cc3)c3cc(Br)ccc32)c1. The molecule has 4 nitrogen and oxygen atoms in total. The Kier molecular flexibility index (Phi) is 6.37. The van der Waals surface area contributed by atoms with Crippen molar-refractivity contribution in [3.8, 4) is 11.1 Å². The van der Waals surface area contributed by atoms with Crippen LogP contribution in [0.2, 0.25) is 0 Å². The molecule has 0 saturated heterocycles. The lowest BCUT2D eigenvalue weighted by molar-refractivity contribution is -0.136. The summed E-state index contributed by atoms with van der Waals surface area (Å²) >= 11 is 3.46. The van der Waals surface area contributed by atoms with Gasteiger partial charge in [0.1, 0.15) is 0 Å². The lowest BCUT2D eigenvalue weighted by Gasteiger charge is -2.23. The molecule has 0 aliphatic carbocycles. The number of aliphatic hydroxyl groups is 1. The summed E-state index contributed by atoms with van der Waals surface area (Å²) in [6, 6.07) is 28.7. The molecule has 1 N–H and O–H groups in total. The van der Waals surface area contributed by atoms with Crippen LogP contribution in [0.15, 0.2) is 95.5 Å². The van der Waals surface area contributed by atoms with E-state index in [-0.39, 0.29) is 12.2 Å². The number of aryl methyl sites for hydroxylation is 2. The predicted octanol–water partition coefficient (Wildman–Crippen LogP) is 6.74. The van der Waals surface area contributed by atoms with Crippen molar-refractivity contribution in [2.24, 2.45) is 0 Å². The van der Waals surface area contributed by atoms with Crippen molar-refractivity contribution in [1.29, 1.82) is 0 Å². The van der Waals surface area contributed by atoms with Crippen LogP contribution in [-0.2, 0) is 16.9 Å². The molecule has 0 fully saturated rings. The number of carbonyl (C=O) groups is 2. The molecule has 0 bridgehead atoms. The van der Waals surface area contributed by atoms with Crippen LogP contribution in [0, 0.1) is 13.8 Å². The molecular weight excluding hydrogens is 514 g/mol. The standard InChI is InChI=1S/C31H26BrNO3/c1-20-8-9-21(2)25(16-20)19-33-28-15-14-26(32)17-27(28)31(36,30(33)35)18-29(34)24-12-10-23(11-13-24)22-6-4-3-5-7-22/h3-17,36H,18-19H2,1-2H3. The molecule has 36 heavy (non-hydrogen) atoms. The number of nitrogens with zero attached hydrogens (tertiary/aromatic N) is 1. The number of anilines is 1. The Hall–Kier alpha value is -3.54. The van der Waals surface area contributed by atoms with Gasteiger partial charge in [0, 0.05) is 15.6 Å². The van der Waals surface area contributed by atoms with Gasteiger partial charge in [0.05, 0.1) is 18.7 Å². The molecule has 5 heteroatoms. The van der Waals surface area contributed by atoms with E-state index in [0.717, 1.165) is 32.3 Å². The maximum Gasteiger partial charge on any atom is 0.264 e. The topological polar surface area (TPSA) is 57.6 Å². The van der Waals surface area contributed by atoms with Gasteiger partial charge >= 0.3 is 0 Å². The van der Waals surface area contributed by atoms with Gasteiger partial charge in [-0.3, -0.25) is 9.59 Å². The molecule has 1 amide bonds. The number of carbonyl (C=O) groups excluding carboxylic acids is 2. The van der Waals surface area contributed by atoms with E-state index in [1.807, 2.05) is 80.6 Å². The van der Waals surface area contributed by atoms with E-state index in [2.05, 4.69) is 22.0 Å². The Balaban J connectivity index is 1.45. The largest absolute Gasteiger partial charge is 0.375 e. The fraction of sp³-hybridized carbons (Fsp3) is 0.161. The first-order valence-corrected chi connectivity index (χ1v) is 12.6. The highest BCUT2D eigenvalue weighted by atomic mass is 79.9. The molecule has 1 atom stereocenters. The van der Waals surface area contributed by atoms with Crippen molar-refractivity contribution in [3.63, 3.8) is 0 Å². The monoisotopic (exact) mass is 539 g/mol. The third kappa shape index (κ3) is 4.41. The van der Waals surface area contributed by atoms with Crippen molar-refractivity contribution in [1.82, 2.24) is 0 Å². The summed E-state index contributed by atoms with van der Waals surface area (Å²) in [5.41, 5.74) is 4.81. The number of hydrogen-bond acceptors (Lipinski definition) is 3. The molecule has 180 valence electrons. The van der Waals surface area contributed by atoms with Gasteiger partial charge in [0.25, 0.3) is 5.91 Å². The maximum absolute atomic E-state index is 13.7. The molecule has 4 aromatic carbocycles. The van der Waals surface area contributed by atoms with Crippen LogP contribution in [0.3, 0.4) is 0 Å². The van der Waals surface area contributed by atoms with Gasteiger partial charge in [-0.25, -0.2) is 0 Å². The normalized spacial score (nSPS) is 16.8. The van der Waals surface area contributed by atoms with E-state index in [1.165, 1.54) is 0 Å². The molecule has 1 aliphatic heterocycles. The summed E-state index contributed by atoms with van der Waals surface area (Å²) in [5, 5.41) is 11.7. The quantitative estimate of drug-likeness (QED) is 0.276. The average molecular weight is 540 g/mol. The van der Waals surface area contributed by atoms with Crippen molar-refractivity contribution < 1.29 is 14.7 Å². The van der Waals surface area contributed by atoms with E-state index in [1.54, 1.807) is 23.1 Å². The van der Waals surface area contributed by atoms with E-state index in [4.69, 9.17) is 0 Å². The molecule has 0 aromatic heterocycles. The second-order valence-electron chi connectivity index (χ2n) is 9.39. The van der Waals surface area contributed by atoms with Crippen molar-refractivity contribution in [2.75, 3.05) is 4.90 Å². The lowest BCUT2D eigenvalue weighted by atomic mass is 9.88. The Morgan fingerprint density at radius 3 is 2.31 bits per heavy atom. The average Bonchev–Trinajstić information content (AvgIpc) is 3.08. The smallest absolute Gasteiger partial charge is 0.264 e. The van der Waals surface area contributed by atoms with Crippen molar-refractivity contribution in [3.05, 3.63) is 123 Å². The summed E-state index contributed by atoms with van der Waals surface area (Å²) < 4.78 is 0.737. The first-order chi connectivity index (χ1) is 17.3. The Labute approximate surface area is 219 Å². The van der Waals surface area contributed by atoms with E-state index in [9.17, 15) is 14.7 Å². The molecular formula is C31H26BrNO3. The maximum atomic E-state index is 13.7. The van der Waals surface area contributed by atoms with Crippen LogP contribution in [0.4, 0.5) is 5.69 Å². The zero-order chi connectivity index (χ0) is 25.4. The highest BCUT2D eigenvalue weighted by Crippen LogP contribution is 2.45. The molecule has 0 radical (unpaired) electrons. The Bertz CT molecular complexity index is 1460. The van der Waals surface area contributed by atoms with E-state index >= 15 is 0 Å². The van der Waals surface area contributed by atoms with Gasteiger partial charge in [-0.15, -0.1) is 0 Å². The number of amides is 1. The van der Waals surface area contributed by atoms with Crippen LogP contribution in [0.25, 0.3) is 11.1 Å². The number of hydrogen-bond donors (Lipinski definition) is 1. The molecule has 5 rings (SSSR count). The van der Waals surface area contributed by atoms with Crippen LogP contribution >= 0.6 is 15.9 Å². The fourth-order valence-corrected chi connectivity index (χ4v) is 5.17. The van der Waals surface area contributed by atoms with Crippen LogP contribution in [-0.4, -0.2) is 16.8 Å². The molecule has 1 aliphatic rings. The van der Waals surface area contributed by atoms with Crippen molar-refractivity contribution >= 4 is 33.3 Å². The first-order valence-electron chi connectivity index (χ1n) is 11.9. The minimum absolute atomic E-state index is 0.287. The zero-order valence-electron chi connectivity index (χ0n) is 20.2. The first kappa shape index (κ1) is 24.2. The van der Waals surface area contributed by atoms with Gasteiger partial charge < -0.3 is 10.0 Å². The molecule has 4 aromatic rings. The molecule has 0 spiro atoms. The number of rotatable bonds is 6. The molecule has 0 saturated carbocycles. The van der Waals surface area contributed by atoms with Gasteiger partial charge in [0.15, 0.2) is 11.4 Å². The van der Waals surface area contributed by atoms with Crippen LogP contribution in [0.1, 0.15) is 39.0 Å². The van der Waals surface area contributed by atoms with E-state index in [0.29, 0.717) is 23.4 Å². The minimum atomic E-state index is -1.94. The third-order valence-corrected chi connectivity index (χ3v) is 7.35. The van der Waals surface area contributed by atoms with Gasteiger partial charge in [-0.05, 0) is 54.3 Å². The summed E-state index contributed by atoms with van der Waals surface area (Å²) in [6.45, 7) is 4.34. The number of halogens is 1. The highest BCUT2D eigenvalue weighted by Gasteiger charge is 2.51.